The Morgan fingerprint density at radius 1 is 1.29 bits per heavy atom. The van der Waals surface area contributed by atoms with Crippen molar-refractivity contribution in [1.82, 2.24) is 10.1 Å². The molecule has 0 radical (unpaired) electrons. The van der Waals surface area contributed by atoms with Gasteiger partial charge in [-0.15, -0.1) is 0 Å². The SMILES string of the molecule is CCCc1cc(CN(CC)CC)on1. The fourth-order valence-electron chi connectivity index (χ4n) is 1.47. The van der Waals surface area contributed by atoms with Crippen LogP contribution in [-0.4, -0.2) is 23.1 Å². The molecule has 0 saturated heterocycles. The van der Waals surface area contributed by atoms with E-state index < -0.39 is 0 Å². The van der Waals surface area contributed by atoms with Gasteiger partial charge in [-0.1, -0.05) is 32.3 Å². The fourth-order valence-corrected chi connectivity index (χ4v) is 1.47. The van der Waals surface area contributed by atoms with Gasteiger partial charge in [-0.25, -0.2) is 0 Å². The van der Waals surface area contributed by atoms with E-state index in [2.05, 4.69) is 36.9 Å². The van der Waals surface area contributed by atoms with Crippen LogP contribution in [0.4, 0.5) is 0 Å². The Bertz CT molecular complexity index is 254. The van der Waals surface area contributed by atoms with E-state index in [9.17, 15) is 0 Å². The standard InChI is InChI=1S/C11H20N2O/c1-4-7-10-8-11(14-12-10)9-13(5-2)6-3/h8H,4-7,9H2,1-3H3. The monoisotopic (exact) mass is 196 g/mol. The summed E-state index contributed by atoms with van der Waals surface area (Å²) >= 11 is 0. The van der Waals surface area contributed by atoms with E-state index >= 15 is 0 Å². The van der Waals surface area contributed by atoms with Gasteiger partial charge in [0, 0.05) is 6.07 Å². The van der Waals surface area contributed by atoms with Crippen molar-refractivity contribution in [2.75, 3.05) is 13.1 Å². The molecular formula is C11H20N2O. The third kappa shape index (κ3) is 3.14. The van der Waals surface area contributed by atoms with Crippen LogP contribution in [-0.2, 0) is 13.0 Å². The highest BCUT2D eigenvalue weighted by Crippen LogP contribution is 2.08. The Hall–Kier alpha value is -0.830. The Balaban J connectivity index is 2.49. The van der Waals surface area contributed by atoms with E-state index in [-0.39, 0.29) is 0 Å². The molecule has 0 aliphatic rings. The zero-order chi connectivity index (χ0) is 10.4. The number of nitrogens with zero attached hydrogens (tertiary/aromatic N) is 2. The molecule has 0 spiro atoms. The average Bonchev–Trinajstić information content (AvgIpc) is 2.63. The second kappa shape index (κ2) is 5.81. The topological polar surface area (TPSA) is 29.3 Å². The third-order valence-electron chi connectivity index (χ3n) is 2.39. The van der Waals surface area contributed by atoms with Crippen LogP contribution in [0.2, 0.25) is 0 Å². The van der Waals surface area contributed by atoms with Gasteiger partial charge in [0.15, 0.2) is 5.76 Å². The van der Waals surface area contributed by atoms with Gasteiger partial charge in [0.1, 0.15) is 0 Å². The van der Waals surface area contributed by atoms with Crippen LogP contribution < -0.4 is 0 Å². The first kappa shape index (κ1) is 11.2. The predicted octanol–water partition coefficient (Wildman–Crippen LogP) is 2.47. The summed E-state index contributed by atoms with van der Waals surface area (Å²) < 4.78 is 5.26. The van der Waals surface area contributed by atoms with Crippen molar-refractivity contribution in [2.45, 2.75) is 40.2 Å². The normalized spacial score (nSPS) is 11.1. The first-order valence-corrected chi connectivity index (χ1v) is 5.46. The first-order chi connectivity index (χ1) is 6.80. The van der Waals surface area contributed by atoms with E-state index in [0.29, 0.717) is 0 Å². The molecule has 3 heteroatoms. The van der Waals surface area contributed by atoms with Crippen LogP contribution in [0.25, 0.3) is 0 Å². The van der Waals surface area contributed by atoms with E-state index in [1.165, 1.54) is 0 Å². The minimum atomic E-state index is 0.879. The molecule has 14 heavy (non-hydrogen) atoms. The number of hydrogen-bond acceptors (Lipinski definition) is 3. The molecule has 0 unspecified atom stereocenters. The second-order valence-corrected chi connectivity index (χ2v) is 3.50. The highest BCUT2D eigenvalue weighted by molar-refractivity contribution is 5.05. The molecular weight excluding hydrogens is 176 g/mol. The fraction of sp³-hybridized carbons (Fsp3) is 0.727. The van der Waals surface area contributed by atoms with E-state index in [0.717, 1.165) is 43.9 Å². The molecule has 0 amide bonds. The highest BCUT2D eigenvalue weighted by Gasteiger charge is 2.06. The highest BCUT2D eigenvalue weighted by atomic mass is 16.5. The lowest BCUT2D eigenvalue weighted by Crippen LogP contribution is -2.21. The van der Waals surface area contributed by atoms with Gasteiger partial charge in [0.2, 0.25) is 0 Å². The molecule has 1 aromatic heterocycles. The largest absolute Gasteiger partial charge is 0.360 e. The van der Waals surface area contributed by atoms with Crippen molar-refractivity contribution in [1.29, 1.82) is 0 Å². The van der Waals surface area contributed by atoms with E-state index in [1.54, 1.807) is 0 Å². The molecule has 0 fully saturated rings. The van der Waals surface area contributed by atoms with Crippen molar-refractivity contribution in [3.8, 4) is 0 Å². The maximum atomic E-state index is 5.26. The summed E-state index contributed by atoms with van der Waals surface area (Å²) in [5, 5.41) is 4.03. The summed E-state index contributed by atoms with van der Waals surface area (Å²) in [7, 11) is 0. The molecule has 0 N–H and O–H groups in total. The van der Waals surface area contributed by atoms with E-state index in [1.807, 2.05) is 0 Å². The van der Waals surface area contributed by atoms with Crippen LogP contribution in [0.15, 0.2) is 10.6 Å². The molecule has 3 nitrogen and oxygen atoms in total. The molecule has 0 saturated carbocycles. The van der Waals surface area contributed by atoms with Gasteiger partial charge in [-0.3, -0.25) is 4.90 Å². The Morgan fingerprint density at radius 3 is 2.57 bits per heavy atom. The zero-order valence-electron chi connectivity index (χ0n) is 9.42. The summed E-state index contributed by atoms with van der Waals surface area (Å²) in [6, 6.07) is 2.07. The van der Waals surface area contributed by atoms with Crippen molar-refractivity contribution in [3.05, 3.63) is 17.5 Å². The number of hydrogen-bond donors (Lipinski definition) is 0. The van der Waals surface area contributed by atoms with Crippen LogP contribution in [0, 0.1) is 0 Å². The molecule has 80 valence electrons. The van der Waals surface area contributed by atoms with Crippen molar-refractivity contribution in [2.24, 2.45) is 0 Å². The summed E-state index contributed by atoms with van der Waals surface area (Å²) in [4.78, 5) is 2.32. The molecule has 0 bridgehead atoms. The molecule has 1 rings (SSSR count). The summed E-state index contributed by atoms with van der Waals surface area (Å²) in [5.41, 5.74) is 1.08. The smallest absolute Gasteiger partial charge is 0.150 e. The van der Waals surface area contributed by atoms with Crippen molar-refractivity contribution in [3.63, 3.8) is 0 Å². The predicted molar refractivity (Wildman–Crippen MR) is 57.1 cm³/mol. The zero-order valence-corrected chi connectivity index (χ0v) is 9.42. The minimum absolute atomic E-state index is 0.879. The lowest BCUT2D eigenvalue weighted by Gasteiger charge is -2.14. The van der Waals surface area contributed by atoms with Gasteiger partial charge < -0.3 is 4.52 Å². The van der Waals surface area contributed by atoms with Crippen LogP contribution in [0.3, 0.4) is 0 Å². The second-order valence-electron chi connectivity index (χ2n) is 3.50. The Kier molecular flexibility index (Phi) is 4.66. The van der Waals surface area contributed by atoms with Crippen molar-refractivity contribution < 1.29 is 4.52 Å². The van der Waals surface area contributed by atoms with Crippen LogP contribution >= 0.6 is 0 Å². The average molecular weight is 196 g/mol. The van der Waals surface area contributed by atoms with Gasteiger partial charge in [-0.05, 0) is 19.5 Å². The summed E-state index contributed by atoms with van der Waals surface area (Å²) in [6.45, 7) is 9.46. The Morgan fingerprint density at radius 2 is 2.00 bits per heavy atom. The Labute approximate surface area is 86.1 Å². The summed E-state index contributed by atoms with van der Waals surface area (Å²) in [5.74, 6) is 0.983. The van der Waals surface area contributed by atoms with Crippen LogP contribution in [0.5, 0.6) is 0 Å². The van der Waals surface area contributed by atoms with Crippen LogP contribution in [0.1, 0.15) is 38.6 Å². The number of aryl methyl sites for hydroxylation is 1. The summed E-state index contributed by atoms with van der Waals surface area (Å²) in [6.07, 6.45) is 2.14. The molecule has 1 aromatic rings. The molecule has 0 atom stereocenters. The molecule has 0 aliphatic carbocycles. The van der Waals surface area contributed by atoms with Gasteiger partial charge in [0.05, 0.1) is 12.2 Å². The van der Waals surface area contributed by atoms with Gasteiger partial charge >= 0.3 is 0 Å². The first-order valence-electron chi connectivity index (χ1n) is 5.46. The number of aromatic nitrogens is 1. The molecule has 1 heterocycles. The molecule has 0 aromatic carbocycles. The quantitative estimate of drug-likeness (QED) is 0.700. The maximum Gasteiger partial charge on any atom is 0.150 e. The van der Waals surface area contributed by atoms with Gasteiger partial charge in [0.25, 0.3) is 0 Å². The van der Waals surface area contributed by atoms with Gasteiger partial charge in [-0.2, -0.15) is 0 Å². The minimum Gasteiger partial charge on any atom is -0.360 e. The van der Waals surface area contributed by atoms with Crippen molar-refractivity contribution >= 4 is 0 Å². The third-order valence-corrected chi connectivity index (χ3v) is 2.39. The number of rotatable bonds is 6. The maximum absolute atomic E-state index is 5.26. The van der Waals surface area contributed by atoms with E-state index in [4.69, 9.17) is 4.52 Å². The lowest BCUT2D eigenvalue weighted by molar-refractivity contribution is 0.251. The molecule has 0 aliphatic heterocycles. The lowest BCUT2D eigenvalue weighted by atomic mass is 10.2.